The molecule has 0 aliphatic carbocycles. The number of hydrogen-bond acceptors (Lipinski definition) is 5. The zero-order valence-corrected chi connectivity index (χ0v) is 15.8. The van der Waals surface area contributed by atoms with Gasteiger partial charge in [0.1, 0.15) is 0 Å². The Labute approximate surface area is 167 Å². The number of para-hydroxylation sites is 1. The minimum atomic E-state index is -0.979. The number of carbonyl (C=O) groups is 1. The van der Waals surface area contributed by atoms with Crippen LogP contribution in [0, 0.1) is 10.1 Å². The number of pyridine rings is 1. The molecule has 0 bridgehead atoms. The summed E-state index contributed by atoms with van der Waals surface area (Å²) in [5.41, 5.74) is 3.78. The Bertz CT molecular complexity index is 1170. The summed E-state index contributed by atoms with van der Waals surface area (Å²) in [5.74, 6) is -0.979. The number of aromatic carboxylic acids is 1. The van der Waals surface area contributed by atoms with Crippen LogP contribution >= 0.6 is 0 Å². The molecule has 0 amide bonds. The second kappa shape index (κ2) is 7.44. The first-order chi connectivity index (χ1) is 14.0. The van der Waals surface area contributed by atoms with Crippen molar-refractivity contribution in [3.8, 4) is 0 Å². The van der Waals surface area contributed by atoms with E-state index >= 15 is 0 Å². The van der Waals surface area contributed by atoms with E-state index in [2.05, 4.69) is 4.90 Å². The van der Waals surface area contributed by atoms with Gasteiger partial charge in [0.25, 0.3) is 5.69 Å². The highest BCUT2D eigenvalue weighted by molar-refractivity contribution is 6.06. The number of rotatable bonds is 4. The second-order valence-corrected chi connectivity index (χ2v) is 6.96. The molecule has 146 valence electrons. The van der Waals surface area contributed by atoms with Gasteiger partial charge in [-0.3, -0.25) is 15.0 Å². The van der Waals surface area contributed by atoms with Crippen LogP contribution in [0.25, 0.3) is 22.6 Å². The van der Waals surface area contributed by atoms with Gasteiger partial charge >= 0.3 is 5.97 Å². The van der Waals surface area contributed by atoms with Crippen LogP contribution in [-0.2, 0) is 6.54 Å². The predicted molar refractivity (Wildman–Crippen MR) is 111 cm³/mol. The van der Waals surface area contributed by atoms with Gasteiger partial charge in [0.2, 0.25) is 0 Å². The summed E-state index contributed by atoms with van der Waals surface area (Å²) in [4.78, 5) is 29.7. The highest BCUT2D eigenvalue weighted by Crippen LogP contribution is 2.34. The number of benzene rings is 2. The fraction of sp³-hybridized carbons (Fsp3) is 0.182. The molecule has 1 aromatic heterocycles. The number of fused-ring (bicyclic) bond motifs is 2. The monoisotopic (exact) mass is 389 g/mol. The van der Waals surface area contributed by atoms with Crippen LogP contribution in [0.2, 0.25) is 0 Å². The molecule has 0 saturated heterocycles. The lowest BCUT2D eigenvalue weighted by Crippen LogP contribution is -2.31. The average molecular weight is 389 g/mol. The molecule has 0 radical (unpaired) electrons. The van der Waals surface area contributed by atoms with Gasteiger partial charge in [0, 0.05) is 36.2 Å². The van der Waals surface area contributed by atoms with Gasteiger partial charge < -0.3 is 5.11 Å². The lowest BCUT2D eigenvalue weighted by Gasteiger charge is -2.30. The molecule has 4 rings (SSSR count). The van der Waals surface area contributed by atoms with Crippen molar-refractivity contribution in [1.29, 1.82) is 0 Å². The average Bonchev–Trinajstić information content (AvgIpc) is 2.72. The van der Waals surface area contributed by atoms with Crippen LogP contribution in [0.1, 0.15) is 34.1 Å². The Kier molecular flexibility index (Phi) is 4.82. The zero-order valence-electron chi connectivity index (χ0n) is 15.8. The molecule has 1 aliphatic heterocycles. The van der Waals surface area contributed by atoms with Crippen molar-refractivity contribution in [2.45, 2.75) is 13.5 Å². The number of hydrogen-bond donors (Lipinski definition) is 1. The number of carboxylic acid groups (broad SMARTS) is 1. The van der Waals surface area contributed by atoms with Crippen molar-refractivity contribution in [2.75, 3.05) is 13.1 Å². The third-order valence-electron chi connectivity index (χ3n) is 5.16. The molecule has 29 heavy (non-hydrogen) atoms. The Morgan fingerprint density at radius 2 is 2.03 bits per heavy atom. The molecule has 0 spiro atoms. The minimum Gasteiger partial charge on any atom is -0.478 e. The molecular weight excluding hydrogens is 370 g/mol. The molecule has 7 nitrogen and oxygen atoms in total. The molecule has 0 saturated carbocycles. The highest BCUT2D eigenvalue weighted by Gasteiger charge is 2.27. The topological polar surface area (TPSA) is 96.6 Å². The highest BCUT2D eigenvalue weighted by atomic mass is 16.6. The number of nitro groups is 1. The molecule has 0 atom stereocenters. The van der Waals surface area contributed by atoms with Crippen LogP contribution in [0.3, 0.4) is 0 Å². The molecule has 3 aromatic rings. The lowest BCUT2D eigenvalue weighted by molar-refractivity contribution is -0.384. The largest absolute Gasteiger partial charge is 0.478 e. The molecule has 2 heterocycles. The van der Waals surface area contributed by atoms with Gasteiger partial charge in [-0.15, -0.1) is 0 Å². The summed E-state index contributed by atoms with van der Waals surface area (Å²) in [6, 6.07) is 13.6. The summed E-state index contributed by atoms with van der Waals surface area (Å²) in [5, 5.41) is 21.7. The van der Waals surface area contributed by atoms with Crippen LogP contribution in [0.15, 0.2) is 48.5 Å². The molecule has 2 aromatic carbocycles. The fourth-order valence-electron chi connectivity index (χ4n) is 3.78. The molecular formula is C22H19N3O4. The van der Waals surface area contributed by atoms with Gasteiger partial charge in [-0.2, -0.15) is 0 Å². The minimum absolute atomic E-state index is 0.0143. The zero-order chi connectivity index (χ0) is 20.5. The molecule has 0 unspecified atom stereocenters. The van der Waals surface area contributed by atoms with E-state index in [-0.39, 0.29) is 11.3 Å². The van der Waals surface area contributed by atoms with Crippen molar-refractivity contribution in [3.63, 3.8) is 0 Å². The summed E-state index contributed by atoms with van der Waals surface area (Å²) < 4.78 is 0. The van der Waals surface area contributed by atoms with Crippen LogP contribution < -0.4 is 0 Å². The number of likely N-dealkylation sites (N-methyl/N-ethyl adjacent to an activating group) is 1. The summed E-state index contributed by atoms with van der Waals surface area (Å²) >= 11 is 0. The number of nitrogens with zero attached hydrogens (tertiary/aromatic N) is 3. The first-order valence-corrected chi connectivity index (χ1v) is 9.30. The first kappa shape index (κ1) is 18.8. The predicted octanol–water partition coefficient (Wildman–Crippen LogP) is 4.22. The van der Waals surface area contributed by atoms with Gasteiger partial charge in [-0.1, -0.05) is 37.3 Å². The molecule has 7 heteroatoms. The van der Waals surface area contributed by atoms with E-state index in [1.807, 2.05) is 25.1 Å². The van der Waals surface area contributed by atoms with E-state index < -0.39 is 10.9 Å². The summed E-state index contributed by atoms with van der Waals surface area (Å²) in [6.45, 7) is 3.86. The van der Waals surface area contributed by atoms with E-state index in [4.69, 9.17) is 4.98 Å². The quantitative estimate of drug-likeness (QED) is 0.530. The van der Waals surface area contributed by atoms with Crippen LogP contribution in [-0.4, -0.2) is 39.0 Å². The molecule has 1 aliphatic rings. The van der Waals surface area contributed by atoms with Gasteiger partial charge in [-0.25, -0.2) is 9.78 Å². The first-order valence-electron chi connectivity index (χ1n) is 9.30. The van der Waals surface area contributed by atoms with Crippen molar-refractivity contribution in [2.24, 2.45) is 0 Å². The fourth-order valence-corrected chi connectivity index (χ4v) is 3.78. The van der Waals surface area contributed by atoms with Crippen LogP contribution in [0.5, 0.6) is 0 Å². The van der Waals surface area contributed by atoms with Gasteiger partial charge in [-0.05, 0) is 29.8 Å². The van der Waals surface area contributed by atoms with E-state index in [9.17, 15) is 20.0 Å². The Hall–Kier alpha value is -3.58. The Balaban J connectivity index is 1.96. The number of carboxylic acids is 1. The van der Waals surface area contributed by atoms with E-state index in [1.165, 1.54) is 12.1 Å². The Morgan fingerprint density at radius 1 is 1.24 bits per heavy atom. The summed E-state index contributed by atoms with van der Waals surface area (Å²) in [6.07, 6.45) is 1.86. The number of nitro benzene ring substituents is 1. The lowest BCUT2D eigenvalue weighted by atomic mass is 9.92. The smallest absolute Gasteiger partial charge is 0.336 e. The van der Waals surface area contributed by atoms with E-state index in [1.54, 1.807) is 24.3 Å². The van der Waals surface area contributed by atoms with Gasteiger partial charge in [0.15, 0.2) is 0 Å². The number of aromatic nitrogens is 1. The van der Waals surface area contributed by atoms with E-state index in [0.717, 1.165) is 12.1 Å². The maximum absolute atomic E-state index is 12.1. The van der Waals surface area contributed by atoms with Crippen molar-refractivity contribution < 1.29 is 14.8 Å². The molecule has 1 N–H and O–H groups in total. The third kappa shape index (κ3) is 3.48. The Morgan fingerprint density at radius 3 is 2.76 bits per heavy atom. The maximum Gasteiger partial charge on any atom is 0.336 e. The maximum atomic E-state index is 12.1. The standard InChI is InChI=1S/C22H19N3O4/c1-2-24-12-15(10-14-6-5-7-16(11-14)25(28)29)21-18(13-24)20(22(26)27)17-8-3-4-9-19(17)23-21/h3-11H,2,12-13H2,1H3,(H,26,27). The van der Waals surface area contributed by atoms with Crippen LogP contribution in [0.4, 0.5) is 5.69 Å². The second-order valence-electron chi connectivity index (χ2n) is 6.96. The van der Waals surface area contributed by atoms with Crippen molar-refractivity contribution >= 4 is 34.2 Å². The third-order valence-corrected chi connectivity index (χ3v) is 5.16. The van der Waals surface area contributed by atoms with Crippen molar-refractivity contribution in [3.05, 3.63) is 81.0 Å². The SMILES string of the molecule is CCN1CC(=Cc2cccc([N+](=O)[O-])c2)c2nc3ccccc3c(C(=O)O)c2C1. The van der Waals surface area contributed by atoms with E-state index in [0.29, 0.717) is 40.8 Å². The number of non-ortho nitro benzene ring substituents is 1. The van der Waals surface area contributed by atoms with Gasteiger partial charge in [0.05, 0.1) is 21.7 Å². The van der Waals surface area contributed by atoms with Crippen molar-refractivity contribution in [1.82, 2.24) is 9.88 Å². The summed E-state index contributed by atoms with van der Waals surface area (Å²) in [7, 11) is 0. The normalized spacial score (nSPS) is 15.4. The molecule has 0 fully saturated rings.